The highest BCUT2D eigenvalue weighted by molar-refractivity contribution is 6.09. The Morgan fingerprint density at radius 2 is 1.73 bits per heavy atom. The Balaban J connectivity index is 1.96. The molecule has 0 saturated carbocycles. The predicted molar refractivity (Wildman–Crippen MR) is 107 cm³/mol. The van der Waals surface area contributed by atoms with Gasteiger partial charge in [0.1, 0.15) is 17.9 Å². The second-order valence-corrected chi connectivity index (χ2v) is 6.87. The number of guanidine groups is 1. The molecule has 0 bridgehead atoms. The van der Waals surface area contributed by atoms with Crippen molar-refractivity contribution in [1.29, 1.82) is 0 Å². The van der Waals surface area contributed by atoms with E-state index >= 15 is 0 Å². The Morgan fingerprint density at radius 1 is 1.03 bits per heavy atom. The van der Waals surface area contributed by atoms with Crippen LogP contribution in [0.2, 0.25) is 0 Å². The molecule has 0 aliphatic carbocycles. The number of aliphatic imine (C=N–C) groups is 1. The lowest BCUT2D eigenvalue weighted by Crippen LogP contribution is -2.41. The van der Waals surface area contributed by atoms with Gasteiger partial charge >= 0.3 is 0 Å². The molecule has 2 heterocycles. The van der Waals surface area contributed by atoms with Gasteiger partial charge in [-0.3, -0.25) is 19.5 Å². The van der Waals surface area contributed by atoms with Crippen molar-refractivity contribution >= 4 is 18.2 Å². The zero-order valence-corrected chi connectivity index (χ0v) is 15.8. The summed E-state index contributed by atoms with van der Waals surface area (Å²) >= 11 is 0. The van der Waals surface area contributed by atoms with Crippen LogP contribution in [-0.2, 0) is 10.3 Å². The van der Waals surface area contributed by atoms with Crippen LogP contribution in [0.1, 0.15) is 21.5 Å². The van der Waals surface area contributed by atoms with Crippen molar-refractivity contribution < 1.29 is 18.4 Å². The highest BCUT2D eigenvalue weighted by atomic mass is 19.1. The molecule has 4 rings (SSSR count). The number of hydrogen-bond acceptors (Lipinski definition) is 5. The molecule has 2 N–H and O–H groups in total. The Hall–Kier alpha value is -3.94. The largest absolute Gasteiger partial charge is 0.369 e. The number of nitrogens with zero attached hydrogens (tertiary/aromatic N) is 3. The number of nitrogens with two attached hydrogens (primary N) is 1. The van der Waals surface area contributed by atoms with Crippen molar-refractivity contribution in [3.63, 3.8) is 0 Å². The molecule has 0 spiro atoms. The standard InChI is InChI=1S/C22H16F2N4O2/c1-28-20(30)22(27-21(28)25,15-4-2-13(12-29)3-5-15)16-6-7-19(24)18(9-16)14-8-17(23)11-26-10-14/h2-12H,1H3,(H2,25,27)/t22-/m1/s1. The molecule has 0 fully saturated rings. The van der Waals surface area contributed by atoms with Gasteiger partial charge in [-0.15, -0.1) is 0 Å². The number of carbonyl (C=O) groups is 2. The summed E-state index contributed by atoms with van der Waals surface area (Å²) in [7, 11) is 1.49. The lowest BCUT2D eigenvalue weighted by Gasteiger charge is -2.26. The number of aldehydes is 1. The number of likely N-dealkylation sites (N-methyl/N-ethyl adjacent to an activating group) is 1. The molecule has 30 heavy (non-hydrogen) atoms. The van der Waals surface area contributed by atoms with Crippen molar-refractivity contribution in [1.82, 2.24) is 9.88 Å². The molecule has 1 aliphatic rings. The fourth-order valence-electron chi connectivity index (χ4n) is 3.52. The fraction of sp³-hybridized carbons (Fsp3) is 0.0909. The van der Waals surface area contributed by atoms with Crippen LogP contribution in [-0.4, -0.2) is 35.1 Å². The average molecular weight is 406 g/mol. The maximum Gasteiger partial charge on any atom is 0.266 e. The first kappa shape index (κ1) is 19.4. The zero-order valence-electron chi connectivity index (χ0n) is 15.8. The quantitative estimate of drug-likeness (QED) is 0.675. The van der Waals surface area contributed by atoms with Crippen LogP contribution < -0.4 is 5.73 Å². The van der Waals surface area contributed by atoms with E-state index in [-0.39, 0.29) is 17.1 Å². The van der Waals surface area contributed by atoms with E-state index in [4.69, 9.17) is 5.73 Å². The highest BCUT2D eigenvalue weighted by Gasteiger charge is 2.49. The number of benzene rings is 2. The normalized spacial score (nSPS) is 18.4. The highest BCUT2D eigenvalue weighted by Crippen LogP contribution is 2.41. The number of hydrogen-bond donors (Lipinski definition) is 1. The number of carbonyl (C=O) groups excluding carboxylic acids is 2. The summed E-state index contributed by atoms with van der Waals surface area (Å²) in [4.78, 5) is 33.7. The molecule has 0 unspecified atom stereocenters. The molecule has 8 heteroatoms. The van der Waals surface area contributed by atoms with Gasteiger partial charge in [0.2, 0.25) is 0 Å². The topological polar surface area (TPSA) is 88.7 Å². The van der Waals surface area contributed by atoms with Gasteiger partial charge in [-0.1, -0.05) is 30.3 Å². The fourth-order valence-corrected chi connectivity index (χ4v) is 3.52. The number of halogens is 2. The first-order valence-corrected chi connectivity index (χ1v) is 8.97. The molecule has 1 aromatic heterocycles. The molecule has 1 atom stereocenters. The molecule has 0 radical (unpaired) electrons. The minimum atomic E-state index is -1.57. The Kier molecular flexibility index (Phi) is 4.62. The predicted octanol–water partition coefficient (Wildman–Crippen LogP) is 2.87. The molecular formula is C22H16F2N4O2. The minimum absolute atomic E-state index is 0.00207. The van der Waals surface area contributed by atoms with E-state index < -0.39 is 23.1 Å². The van der Waals surface area contributed by atoms with Crippen LogP contribution in [0, 0.1) is 11.6 Å². The van der Waals surface area contributed by atoms with Gasteiger partial charge in [-0.2, -0.15) is 0 Å². The van der Waals surface area contributed by atoms with Crippen molar-refractivity contribution in [2.45, 2.75) is 5.54 Å². The number of pyridine rings is 1. The monoisotopic (exact) mass is 406 g/mol. The maximum absolute atomic E-state index is 14.6. The van der Waals surface area contributed by atoms with Gasteiger partial charge in [0.15, 0.2) is 11.5 Å². The maximum atomic E-state index is 14.6. The van der Waals surface area contributed by atoms with Crippen molar-refractivity contribution in [3.05, 3.63) is 89.2 Å². The smallest absolute Gasteiger partial charge is 0.266 e. The Labute approximate surface area is 170 Å². The zero-order chi connectivity index (χ0) is 21.5. The Bertz CT molecular complexity index is 1190. The van der Waals surface area contributed by atoms with Gasteiger partial charge in [0.25, 0.3) is 5.91 Å². The van der Waals surface area contributed by atoms with E-state index in [0.29, 0.717) is 23.0 Å². The molecule has 2 aromatic carbocycles. The van der Waals surface area contributed by atoms with Gasteiger partial charge in [0, 0.05) is 29.9 Å². The second kappa shape index (κ2) is 7.14. The van der Waals surface area contributed by atoms with Crippen LogP contribution >= 0.6 is 0 Å². The second-order valence-electron chi connectivity index (χ2n) is 6.87. The third-order valence-electron chi connectivity index (χ3n) is 5.10. The molecule has 0 saturated heterocycles. The minimum Gasteiger partial charge on any atom is -0.369 e. The SMILES string of the molecule is CN1C(=O)[C@@](c2ccc(C=O)cc2)(c2ccc(F)c(-c3cncc(F)c3)c2)N=C1N. The van der Waals surface area contributed by atoms with Gasteiger partial charge < -0.3 is 5.73 Å². The molecule has 1 aliphatic heterocycles. The van der Waals surface area contributed by atoms with E-state index in [2.05, 4.69) is 9.98 Å². The summed E-state index contributed by atoms with van der Waals surface area (Å²) in [6.45, 7) is 0. The van der Waals surface area contributed by atoms with Crippen LogP contribution in [0.15, 0.2) is 65.9 Å². The number of rotatable bonds is 4. The van der Waals surface area contributed by atoms with Crippen molar-refractivity contribution in [2.24, 2.45) is 10.7 Å². The van der Waals surface area contributed by atoms with Gasteiger partial charge in [-0.05, 0) is 29.3 Å². The van der Waals surface area contributed by atoms with Crippen LogP contribution in [0.3, 0.4) is 0 Å². The summed E-state index contributed by atoms with van der Waals surface area (Å²) in [5.74, 6) is -1.66. The Morgan fingerprint density at radius 3 is 2.33 bits per heavy atom. The lowest BCUT2D eigenvalue weighted by atomic mass is 9.81. The number of amides is 1. The van der Waals surface area contributed by atoms with E-state index in [1.165, 1.54) is 36.3 Å². The molecule has 150 valence electrons. The third-order valence-corrected chi connectivity index (χ3v) is 5.10. The first-order valence-electron chi connectivity index (χ1n) is 8.97. The summed E-state index contributed by atoms with van der Waals surface area (Å²) in [6, 6.07) is 11.5. The third kappa shape index (κ3) is 2.93. The summed E-state index contributed by atoms with van der Waals surface area (Å²) in [5, 5.41) is 0. The number of aromatic nitrogens is 1. The molecule has 1 amide bonds. The van der Waals surface area contributed by atoms with Crippen LogP contribution in [0.5, 0.6) is 0 Å². The molecular weight excluding hydrogens is 390 g/mol. The first-order chi connectivity index (χ1) is 14.4. The lowest BCUT2D eigenvalue weighted by molar-refractivity contribution is -0.129. The van der Waals surface area contributed by atoms with E-state index in [0.717, 1.165) is 12.3 Å². The summed E-state index contributed by atoms with van der Waals surface area (Å²) < 4.78 is 28.3. The van der Waals surface area contributed by atoms with Gasteiger partial charge in [0.05, 0.1) is 6.20 Å². The summed E-state index contributed by atoms with van der Waals surface area (Å²) in [6.07, 6.45) is 3.03. The van der Waals surface area contributed by atoms with E-state index in [1.807, 2.05) is 0 Å². The molecule has 3 aromatic rings. The van der Waals surface area contributed by atoms with Gasteiger partial charge in [-0.25, -0.2) is 13.8 Å². The van der Waals surface area contributed by atoms with Crippen LogP contribution in [0.25, 0.3) is 11.1 Å². The van der Waals surface area contributed by atoms with Crippen LogP contribution in [0.4, 0.5) is 8.78 Å². The van der Waals surface area contributed by atoms with E-state index in [9.17, 15) is 18.4 Å². The van der Waals surface area contributed by atoms with Crippen molar-refractivity contribution in [3.8, 4) is 11.1 Å². The average Bonchev–Trinajstić information content (AvgIpc) is 2.99. The summed E-state index contributed by atoms with van der Waals surface area (Å²) in [5.41, 5.74) is 5.89. The van der Waals surface area contributed by atoms with E-state index in [1.54, 1.807) is 24.3 Å². The van der Waals surface area contributed by atoms with Crippen molar-refractivity contribution in [2.75, 3.05) is 7.05 Å². The molecule has 6 nitrogen and oxygen atoms in total.